The van der Waals surface area contributed by atoms with Gasteiger partial charge in [-0.15, -0.1) is 22.7 Å². The molecular formula is C11H8N2S2. The summed E-state index contributed by atoms with van der Waals surface area (Å²) in [4.78, 5) is 8.77. The van der Waals surface area contributed by atoms with Crippen LogP contribution in [-0.2, 0) is 0 Å². The van der Waals surface area contributed by atoms with E-state index in [9.17, 15) is 0 Å². The zero-order valence-corrected chi connectivity index (χ0v) is 9.73. The Kier molecular flexibility index (Phi) is 2.04. The molecule has 3 aromatic rings. The normalized spacial score (nSPS) is 11.0. The van der Waals surface area contributed by atoms with Crippen LogP contribution in [0.25, 0.3) is 21.5 Å². The summed E-state index contributed by atoms with van der Waals surface area (Å²) < 4.78 is 1.24. The number of aromatic nitrogens is 2. The number of hydrogen-bond donors (Lipinski definition) is 0. The van der Waals surface area contributed by atoms with Gasteiger partial charge in [0, 0.05) is 10.9 Å². The number of thiazole rings is 2. The van der Waals surface area contributed by atoms with Gasteiger partial charge in [-0.1, -0.05) is 6.07 Å². The highest BCUT2D eigenvalue weighted by molar-refractivity contribution is 7.18. The van der Waals surface area contributed by atoms with Crippen molar-refractivity contribution in [2.24, 2.45) is 0 Å². The highest BCUT2D eigenvalue weighted by Gasteiger charge is 2.04. The lowest BCUT2D eigenvalue weighted by atomic mass is 10.2. The first-order valence-electron chi connectivity index (χ1n) is 4.59. The standard InChI is InChI=1S/C11H8N2S2/c1-7-13-9-4-8(2-3-11(9)15-7)10-5-14-6-12-10/h2-6H,1H3. The van der Waals surface area contributed by atoms with Gasteiger partial charge in [-0.3, -0.25) is 0 Å². The fourth-order valence-corrected chi connectivity index (χ4v) is 2.93. The van der Waals surface area contributed by atoms with E-state index in [-0.39, 0.29) is 0 Å². The Hall–Kier alpha value is -1.26. The molecule has 0 aliphatic carbocycles. The predicted octanol–water partition coefficient (Wildman–Crippen LogP) is 3.73. The zero-order chi connectivity index (χ0) is 10.3. The maximum Gasteiger partial charge on any atom is 0.0907 e. The van der Waals surface area contributed by atoms with E-state index in [1.165, 1.54) is 4.70 Å². The van der Waals surface area contributed by atoms with E-state index >= 15 is 0 Å². The van der Waals surface area contributed by atoms with Crippen molar-refractivity contribution in [2.75, 3.05) is 0 Å². The summed E-state index contributed by atoms with van der Waals surface area (Å²) >= 11 is 3.35. The lowest BCUT2D eigenvalue weighted by Gasteiger charge is -1.95. The number of benzene rings is 1. The van der Waals surface area contributed by atoms with Crippen molar-refractivity contribution in [1.29, 1.82) is 0 Å². The molecule has 0 saturated heterocycles. The van der Waals surface area contributed by atoms with Gasteiger partial charge in [0.15, 0.2) is 0 Å². The first kappa shape index (κ1) is 9.00. The lowest BCUT2D eigenvalue weighted by Crippen LogP contribution is -1.76. The molecule has 15 heavy (non-hydrogen) atoms. The summed E-state index contributed by atoms with van der Waals surface area (Å²) in [5, 5.41) is 3.17. The van der Waals surface area contributed by atoms with E-state index in [0.717, 1.165) is 21.8 Å². The molecule has 0 bridgehead atoms. The van der Waals surface area contributed by atoms with Crippen LogP contribution in [0.4, 0.5) is 0 Å². The lowest BCUT2D eigenvalue weighted by molar-refractivity contribution is 1.34. The SMILES string of the molecule is Cc1nc2cc(-c3cscn3)ccc2s1. The molecule has 3 rings (SSSR count). The van der Waals surface area contributed by atoms with Crippen LogP contribution in [0.3, 0.4) is 0 Å². The summed E-state index contributed by atoms with van der Waals surface area (Å²) in [7, 11) is 0. The molecule has 2 aromatic heterocycles. The van der Waals surface area contributed by atoms with Crippen LogP contribution < -0.4 is 0 Å². The molecule has 4 heteroatoms. The fraction of sp³-hybridized carbons (Fsp3) is 0.0909. The van der Waals surface area contributed by atoms with Gasteiger partial charge in [-0.05, 0) is 19.1 Å². The molecule has 74 valence electrons. The molecule has 0 amide bonds. The van der Waals surface area contributed by atoms with E-state index in [1.54, 1.807) is 22.7 Å². The quantitative estimate of drug-likeness (QED) is 0.639. The Morgan fingerprint density at radius 2 is 2.20 bits per heavy atom. The smallest absolute Gasteiger partial charge is 0.0907 e. The van der Waals surface area contributed by atoms with Gasteiger partial charge in [0.05, 0.1) is 26.4 Å². The molecule has 0 aliphatic rings. The monoisotopic (exact) mass is 232 g/mol. The van der Waals surface area contributed by atoms with Crippen LogP contribution in [0.1, 0.15) is 5.01 Å². The fourth-order valence-electron chi connectivity index (χ4n) is 1.56. The van der Waals surface area contributed by atoms with Crippen molar-refractivity contribution < 1.29 is 0 Å². The predicted molar refractivity (Wildman–Crippen MR) is 65.5 cm³/mol. The minimum Gasteiger partial charge on any atom is -0.245 e. The third kappa shape index (κ3) is 1.56. The van der Waals surface area contributed by atoms with E-state index in [1.807, 2.05) is 12.4 Å². The molecule has 0 unspecified atom stereocenters. The number of aryl methyl sites for hydroxylation is 1. The third-order valence-electron chi connectivity index (χ3n) is 2.22. The van der Waals surface area contributed by atoms with Crippen molar-refractivity contribution in [3.05, 3.63) is 34.1 Å². The van der Waals surface area contributed by atoms with Gasteiger partial charge >= 0.3 is 0 Å². The number of hydrogen-bond acceptors (Lipinski definition) is 4. The molecule has 0 saturated carbocycles. The summed E-state index contributed by atoms with van der Waals surface area (Å²) in [6.45, 7) is 2.03. The van der Waals surface area contributed by atoms with Crippen LogP contribution in [-0.4, -0.2) is 9.97 Å². The van der Waals surface area contributed by atoms with Crippen molar-refractivity contribution in [3.63, 3.8) is 0 Å². The Labute approximate surface area is 95.3 Å². The Bertz CT molecular complexity index is 596. The summed E-state index contributed by atoms with van der Waals surface area (Å²) in [6.07, 6.45) is 0. The van der Waals surface area contributed by atoms with Gasteiger partial charge < -0.3 is 0 Å². The molecule has 0 radical (unpaired) electrons. The molecule has 1 aromatic carbocycles. The van der Waals surface area contributed by atoms with Crippen molar-refractivity contribution in [2.45, 2.75) is 6.92 Å². The molecular weight excluding hydrogens is 224 g/mol. The maximum atomic E-state index is 4.48. The molecule has 0 N–H and O–H groups in total. The Morgan fingerprint density at radius 1 is 1.27 bits per heavy atom. The molecule has 2 nitrogen and oxygen atoms in total. The van der Waals surface area contributed by atoms with E-state index in [4.69, 9.17) is 0 Å². The highest BCUT2D eigenvalue weighted by Crippen LogP contribution is 2.27. The van der Waals surface area contributed by atoms with Gasteiger partial charge in [-0.2, -0.15) is 0 Å². The second-order valence-corrected chi connectivity index (χ2v) is 5.24. The zero-order valence-electron chi connectivity index (χ0n) is 8.10. The molecule has 0 fully saturated rings. The molecule has 0 atom stereocenters. The largest absolute Gasteiger partial charge is 0.245 e. The second kappa shape index (κ2) is 3.40. The average molecular weight is 232 g/mol. The van der Waals surface area contributed by atoms with Gasteiger partial charge in [0.25, 0.3) is 0 Å². The number of fused-ring (bicyclic) bond motifs is 1. The molecule has 2 heterocycles. The van der Waals surface area contributed by atoms with Crippen LogP contribution in [0.2, 0.25) is 0 Å². The maximum absolute atomic E-state index is 4.48. The van der Waals surface area contributed by atoms with Gasteiger partial charge in [-0.25, -0.2) is 9.97 Å². The van der Waals surface area contributed by atoms with E-state index in [0.29, 0.717) is 0 Å². The first-order valence-corrected chi connectivity index (χ1v) is 6.34. The Balaban J connectivity index is 2.21. The summed E-state index contributed by atoms with van der Waals surface area (Å²) in [6, 6.07) is 6.33. The summed E-state index contributed by atoms with van der Waals surface area (Å²) in [5.41, 5.74) is 5.11. The topological polar surface area (TPSA) is 25.8 Å². The van der Waals surface area contributed by atoms with Crippen molar-refractivity contribution in [3.8, 4) is 11.3 Å². The number of nitrogens with zero attached hydrogens (tertiary/aromatic N) is 2. The minimum absolute atomic E-state index is 1.03. The van der Waals surface area contributed by atoms with E-state index in [2.05, 4.69) is 33.5 Å². The van der Waals surface area contributed by atoms with Crippen LogP contribution in [0.5, 0.6) is 0 Å². The highest BCUT2D eigenvalue weighted by atomic mass is 32.1. The van der Waals surface area contributed by atoms with Gasteiger partial charge in [0.1, 0.15) is 0 Å². The van der Waals surface area contributed by atoms with Crippen LogP contribution >= 0.6 is 22.7 Å². The Morgan fingerprint density at radius 3 is 3.00 bits per heavy atom. The first-order chi connectivity index (χ1) is 7.33. The molecule has 0 aliphatic heterocycles. The second-order valence-electron chi connectivity index (χ2n) is 3.29. The third-order valence-corrected chi connectivity index (χ3v) is 3.76. The van der Waals surface area contributed by atoms with E-state index < -0.39 is 0 Å². The van der Waals surface area contributed by atoms with Crippen molar-refractivity contribution in [1.82, 2.24) is 9.97 Å². The average Bonchev–Trinajstić information content (AvgIpc) is 2.82. The van der Waals surface area contributed by atoms with Crippen molar-refractivity contribution >= 4 is 32.9 Å². The van der Waals surface area contributed by atoms with Crippen LogP contribution in [0.15, 0.2) is 29.1 Å². The van der Waals surface area contributed by atoms with Crippen LogP contribution in [0, 0.1) is 6.92 Å². The number of rotatable bonds is 1. The summed E-state index contributed by atoms with van der Waals surface area (Å²) in [5.74, 6) is 0. The minimum atomic E-state index is 1.03. The van der Waals surface area contributed by atoms with Gasteiger partial charge in [0.2, 0.25) is 0 Å². The molecule has 0 spiro atoms.